The number of carbonyl (C=O) groups is 1. The fraction of sp³-hybridized carbons (Fsp3) is 0.0714. The number of hydrogen-bond acceptors (Lipinski definition) is 4. The largest absolute Gasteiger partial charge is 0.422 e. The van der Waals surface area contributed by atoms with Crippen molar-refractivity contribution < 1.29 is 9.21 Å². The summed E-state index contributed by atoms with van der Waals surface area (Å²) in [5, 5.41) is 12.7. The first-order valence-corrected chi connectivity index (χ1v) is 6.36. The minimum Gasteiger partial charge on any atom is -0.422 e. The number of benzene rings is 1. The van der Waals surface area contributed by atoms with E-state index >= 15 is 0 Å². The molecule has 21 heavy (non-hydrogen) atoms. The molecule has 104 valence electrons. The molecule has 0 bridgehead atoms. The maximum absolute atomic E-state index is 12.3. The molecule has 0 saturated heterocycles. The van der Waals surface area contributed by atoms with Crippen molar-refractivity contribution in [2.45, 2.75) is 6.04 Å². The normalized spacial score (nSPS) is 17.1. The highest BCUT2D eigenvalue weighted by molar-refractivity contribution is 6.03. The van der Waals surface area contributed by atoms with Crippen LogP contribution in [0.1, 0.15) is 17.3 Å². The van der Waals surface area contributed by atoms with Crippen molar-refractivity contribution in [2.24, 2.45) is 0 Å². The van der Waals surface area contributed by atoms with Crippen molar-refractivity contribution in [3.05, 3.63) is 58.2 Å². The van der Waals surface area contributed by atoms with Crippen LogP contribution in [0.15, 0.2) is 45.7 Å². The molecule has 1 aromatic carbocycles. The average Bonchev–Trinajstić information content (AvgIpc) is 3.00. The van der Waals surface area contributed by atoms with Gasteiger partial charge in [-0.3, -0.25) is 5.10 Å². The van der Waals surface area contributed by atoms with Crippen LogP contribution >= 0.6 is 0 Å². The van der Waals surface area contributed by atoms with Gasteiger partial charge in [-0.05, 0) is 18.2 Å². The monoisotopic (exact) mass is 282 g/mol. The molecule has 0 aliphatic carbocycles. The third kappa shape index (κ3) is 1.71. The Morgan fingerprint density at radius 3 is 2.81 bits per heavy atom. The van der Waals surface area contributed by atoms with Crippen molar-refractivity contribution >= 4 is 22.7 Å². The van der Waals surface area contributed by atoms with Crippen LogP contribution in [0.3, 0.4) is 0 Å². The lowest BCUT2D eigenvalue weighted by Crippen LogP contribution is -2.41. The van der Waals surface area contributed by atoms with Gasteiger partial charge in [-0.15, -0.1) is 0 Å². The van der Waals surface area contributed by atoms with Crippen LogP contribution in [0.4, 0.5) is 10.5 Å². The van der Waals surface area contributed by atoms with Crippen LogP contribution in [0.2, 0.25) is 0 Å². The van der Waals surface area contributed by atoms with E-state index in [0.717, 1.165) is 0 Å². The minimum absolute atomic E-state index is 0.359. The van der Waals surface area contributed by atoms with Gasteiger partial charge in [0.05, 0.1) is 16.9 Å². The molecule has 3 N–H and O–H groups in total. The van der Waals surface area contributed by atoms with Gasteiger partial charge in [-0.25, -0.2) is 9.59 Å². The zero-order valence-corrected chi connectivity index (χ0v) is 10.7. The van der Waals surface area contributed by atoms with E-state index in [1.165, 1.54) is 0 Å². The number of rotatable bonds is 1. The van der Waals surface area contributed by atoms with Crippen molar-refractivity contribution in [1.29, 1.82) is 0 Å². The summed E-state index contributed by atoms with van der Waals surface area (Å²) < 4.78 is 5.34. The van der Waals surface area contributed by atoms with Gasteiger partial charge in [0.2, 0.25) is 0 Å². The Balaban J connectivity index is 2.06. The molecule has 1 aliphatic heterocycles. The molecule has 2 amide bonds. The molecule has 1 aliphatic rings. The molecule has 0 radical (unpaired) electrons. The third-order valence-corrected chi connectivity index (χ3v) is 3.48. The van der Waals surface area contributed by atoms with Crippen molar-refractivity contribution in [1.82, 2.24) is 15.5 Å². The van der Waals surface area contributed by atoms with Gasteiger partial charge in [-0.2, -0.15) is 5.10 Å². The number of carbonyl (C=O) groups excluding carboxylic acids is 1. The van der Waals surface area contributed by atoms with Crippen molar-refractivity contribution in [2.75, 3.05) is 5.32 Å². The third-order valence-electron chi connectivity index (χ3n) is 3.48. The number of nitrogens with zero attached hydrogens (tertiary/aromatic N) is 1. The summed E-state index contributed by atoms with van der Waals surface area (Å²) in [5.74, 6) is 0. The molecule has 1 unspecified atom stereocenters. The van der Waals surface area contributed by atoms with Gasteiger partial charge < -0.3 is 15.1 Å². The molecule has 3 aromatic rings. The Bertz CT molecular complexity index is 898. The van der Waals surface area contributed by atoms with Gasteiger partial charge in [0, 0.05) is 11.6 Å². The Labute approximate surface area is 118 Å². The highest BCUT2D eigenvalue weighted by Crippen LogP contribution is 2.33. The predicted octanol–water partition coefficient (Wildman–Crippen LogP) is 1.74. The lowest BCUT2D eigenvalue weighted by molar-refractivity contribution is 0.248. The fourth-order valence-electron chi connectivity index (χ4n) is 2.57. The van der Waals surface area contributed by atoms with Crippen LogP contribution in [-0.2, 0) is 0 Å². The number of nitrogens with one attached hydrogen (secondary N) is 3. The number of amides is 2. The summed E-state index contributed by atoms with van der Waals surface area (Å²) in [6, 6.07) is 7.79. The van der Waals surface area contributed by atoms with Crippen LogP contribution in [0, 0.1) is 0 Å². The molecule has 2 aromatic heterocycles. The SMILES string of the molecule is O=C1Nc2c(c(=O)oc3ccccc23)C(c2ccn[nH]2)N1. The highest BCUT2D eigenvalue weighted by atomic mass is 16.4. The standard InChI is InChI=1S/C14H10N4O3/c19-13-10-11(7-3-1-2-4-9(7)21-13)16-14(20)17-12(10)8-5-6-15-18-8/h1-6,12H,(H,15,18)(H2,16,17,20). The van der Waals surface area contributed by atoms with Crippen LogP contribution in [-0.4, -0.2) is 16.2 Å². The molecule has 3 heterocycles. The van der Waals surface area contributed by atoms with Crippen LogP contribution in [0.25, 0.3) is 11.0 Å². The van der Waals surface area contributed by atoms with Crippen molar-refractivity contribution in [3.63, 3.8) is 0 Å². The van der Waals surface area contributed by atoms with E-state index in [2.05, 4.69) is 20.8 Å². The number of anilines is 1. The summed E-state index contributed by atoms with van der Waals surface area (Å²) in [6.45, 7) is 0. The fourth-order valence-corrected chi connectivity index (χ4v) is 2.57. The molecule has 1 atom stereocenters. The average molecular weight is 282 g/mol. The molecule has 0 fully saturated rings. The van der Waals surface area contributed by atoms with E-state index in [1.54, 1.807) is 30.5 Å². The first-order valence-electron chi connectivity index (χ1n) is 6.36. The number of aromatic nitrogens is 2. The Morgan fingerprint density at radius 2 is 2.00 bits per heavy atom. The Kier molecular flexibility index (Phi) is 2.34. The predicted molar refractivity (Wildman–Crippen MR) is 75.1 cm³/mol. The second-order valence-electron chi connectivity index (χ2n) is 4.72. The number of aromatic amines is 1. The van der Waals surface area contributed by atoms with Crippen molar-refractivity contribution in [3.8, 4) is 0 Å². The second-order valence-corrected chi connectivity index (χ2v) is 4.72. The molecule has 0 spiro atoms. The summed E-state index contributed by atoms with van der Waals surface area (Å²) in [7, 11) is 0. The van der Waals surface area contributed by atoms with E-state index < -0.39 is 11.7 Å². The number of hydrogen-bond donors (Lipinski definition) is 3. The summed E-state index contributed by atoms with van der Waals surface area (Å²) in [6.07, 6.45) is 1.56. The van der Waals surface area contributed by atoms with E-state index in [1.807, 2.05) is 6.07 Å². The topological polar surface area (TPSA) is 100 Å². The molecular weight excluding hydrogens is 272 g/mol. The van der Waals surface area contributed by atoms with Gasteiger partial charge >= 0.3 is 11.7 Å². The number of urea groups is 1. The second kappa shape index (κ2) is 4.20. The first kappa shape index (κ1) is 11.7. The summed E-state index contributed by atoms with van der Waals surface area (Å²) >= 11 is 0. The quantitative estimate of drug-likeness (QED) is 0.592. The number of para-hydroxylation sites is 1. The lowest BCUT2D eigenvalue weighted by atomic mass is 9.99. The minimum atomic E-state index is -0.614. The molecule has 0 saturated carbocycles. The molecule has 4 rings (SSSR count). The first-order chi connectivity index (χ1) is 10.2. The maximum atomic E-state index is 12.3. The van der Waals surface area contributed by atoms with E-state index in [4.69, 9.17) is 4.42 Å². The Hall–Kier alpha value is -3.09. The van der Waals surface area contributed by atoms with Crippen LogP contribution in [0.5, 0.6) is 0 Å². The Morgan fingerprint density at radius 1 is 1.14 bits per heavy atom. The lowest BCUT2D eigenvalue weighted by Gasteiger charge is -2.25. The van der Waals surface area contributed by atoms with Crippen LogP contribution < -0.4 is 16.3 Å². The molecule has 7 nitrogen and oxygen atoms in total. The smallest absolute Gasteiger partial charge is 0.344 e. The zero-order chi connectivity index (χ0) is 14.4. The van der Waals surface area contributed by atoms with Gasteiger partial charge in [-0.1, -0.05) is 12.1 Å². The number of fused-ring (bicyclic) bond motifs is 3. The highest BCUT2D eigenvalue weighted by Gasteiger charge is 2.31. The van der Waals surface area contributed by atoms with Gasteiger partial charge in [0.1, 0.15) is 11.6 Å². The van der Waals surface area contributed by atoms with E-state index in [0.29, 0.717) is 27.9 Å². The molecular formula is C14H10N4O3. The summed E-state index contributed by atoms with van der Waals surface area (Å²) in [5.41, 5.74) is 1.40. The van der Waals surface area contributed by atoms with E-state index in [9.17, 15) is 9.59 Å². The van der Waals surface area contributed by atoms with Gasteiger partial charge in [0.25, 0.3) is 0 Å². The van der Waals surface area contributed by atoms with Gasteiger partial charge in [0.15, 0.2) is 0 Å². The molecule has 7 heteroatoms. The number of H-pyrrole nitrogens is 1. The maximum Gasteiger partial charge on any atom is 0.344 e. The zero-order valence-electron chi connectivity index (χ0n) is 10.7. The summed E-state index contributed by atoms with van der Waals surface area (Å²) in [4.78, 5) is 24.2. The van der Waals surface area contributed by atoms with E-state index in [-0.39, 0.29) is 6.03 Å².